The second-order valence-corrected chi connectivity index (χ2v) is 7.11. The summed E-state index contributed by atoms with van der Waals surface area (Å²) in [6.07, 6.45) is -7.13. The number of carboxylic acid groups (broad SMARTS) is 1. The average molecular weight is 419 g/mol. The number of amides is 1. The quantitative estimate of drug-likeness (QED) is 0.786. The maximum absolute atomic E-state index is 13.4. The Hall–Kier alpha value is -3.23. The number of amidine groups is 1. The molecule has 30 heavy (non-hydrogen) atoms. The molecule has 1 amide bonds. The number of para-hydroxylation sites is 2. The first-order valence-electron chi connectivity index (χ1n) is 9.57. The number of fused-ring (bicyclic) bond motifs is 1. The van der Waals surface area contributed by atoms with Crippen LogP contribution in [0.3, 0.4) is 0 Å². The van der Waals surface area contributed by atoms with E-state index in [1.165, 1.54) is 11.0 Å². The van der Waals surface area contributed by atoms with Crippen molar-refractivity contribution < 1.29 is 27.8 Å². The summed E-state index contributed by atoms with van der Waals surface area (Å²) in [5.74, 6) is 0.332. The van der Waals surface area contributed by atoms with E-state index in [0.717, 1.165) is 0 Å². The smallest absolute Gasteiger partial charge is 0.427 e. The van der Waals surface area contributed by atoms with Gasteiger partial charge in [0.15, 0.2) is 0 Å². The molecule has 1 N–H and O–H groups in total. The molecule has 1 fully saturated rings. The predicted molar refractivity (Wildman–Crippen MR) is 105 cm³/mol. The summed E-state index contributed by atoms with van der Waals surface area (Å²) in [6.45, 7) is -0.267. The van der Waals surface area contributed by atoms with Crippen LogP contribution in [0.4, 0.5) is 23.7 Å². The number of likely N-dealkylation sites (tertiary alicyclic amines) is 1. The van der Waals surface area contributed by atoms with Gasteiger partial charge in [-0.2, -0.15) is 13.2 Å². The van der Waals surface area contributed by atoms with Crippen molar-refractivity contribution in [2.45, 2.75) is 31.3 Å². The third-order valence-electron chi connectivity index (χ3n) is 5.20. The molecule has 6 nitrogen and oxygen atoms in total. The first-order valence-corrected chi connectivity index (χ1v) is 9.57. The summed E-state index contributed by atoms with van der Waals surface area (Å²) in [7, 11) is 0. The van der Waals surface area contributed by atoms with Gasteiger partial charge in [-0.05, 0) is 37.1 Å². The van der Waals surface area contributed by atoms with Crippen molar-refractivity contribution in [3.05, 3.63) is 60.2 Å². The van der Waals surface area contributed by atoms with Gasteiger partial charge in [0, 0.05) is 12.2 Å². The molecule has 2 aromatic rings. The van der Waals surface area contributed by atoms with Gasteiger partial charge in [-0.15, -0.1) is 0 Å². The number of ether oxygens (including phenoxy) is 1. The van der Waals surface area contributed by atoms with Gasteiger partial charge in [0.1, 0.15) is 17.8 Å². The van der Waals surface area contributed by atoms with E-state index in [9.17, 15) is 23.1 Å². The van der Waals surface area contributed by atoms with Crippen molar-refractivity contribution in [3.8, 4) is 5.75 Å². The molecule has 1 saturated heterocycles. The Morgan fingerprint density at radius 3 is 2.53 bits per heavy atom. The van der Waals surface area contributed by atoms with Crippen LogP contribution in [0, 0.1) is 0 Å². The number of nitrogens with zero attached hydrogens (tertiary/aromatic N) is 3. The van der Waals surface area contributed by atoms with Gasteiger partial charge in [-0.3, -0.25) is 9.89 Å². The Balaban J connectivity index is 1.85. The van der Waals surface area contributed by atoms with Crippen LogP contribution in [0.2, 0.25) is 0 Å². The number of aliphatic imine (C=N–C) groups is 1. The molecule has 9 heteroatoms. The van der Waals surface area contributed by atoms with E-state index >= 15 is 0 Å². The van der Waals surface area contributed by atoms with E-state index in [-0.39, 0.29) is 11.6 Å². The fraction of sp³-hybridized carbons (Fsp3) is 0.333. The number of hydrogen-bond donors (Lipinski definition) is 1. The SMILES string of the molecule is O=C(O)N1CCCC1N(C1=NCC(C(F)(F)F)Oc2ccccc21)c1ccccc1. The zero-order chi connectivity index (χ0) is 21.3. The molecule has 0 radical (unpaired) electrons. The zero-order valence-corrected chi connectivity index (χ0v) is 15.9. The van der Waals surface area contributed by atoms with Crippen LogP contribution in [-0.2, 0) is 0 Å². The molecule has 0 aliphatic carbocycles. The lowest BCUT2D eigenvalue weighted by Crippen LogP contribution is -2.50. The number of halogens is 3. The maximum atomic E-state index is 13.4. The highest BCUT2D eigenvalue weighted by atomic mass is 19.4. The molecule has 2 unspecified atom stereocenters. The summed E-state index contributed by atoms with van der Waals surface area (Å²) in [6, 6.07) is 15.4. The summed E-state index contributed by atoms with van der Waals surface area (Å²) < 4.78 is 45.6. The molecule has 158 valence electrons. The van der Waals surface area contributed by atoms with Gasteiger partial charge in [0.25, 0.3) is 0 Å². The molecule has 4 rings (SSSR count). The molecule has 0 saturated carbocycles. The van der Waals surface area contributed by atoms with Crippen molar-refractivity contribution in [2.75, 3.05) is 18.0 Å². The number of hydrogen-bond acceptors (Lipinski definition) is 4. The number of rotatable bonds is 2. The Bertz CT molecular complexity index is 949. The van der Waals surface area contributed by atoms with Crippen molar-refractivity contribution >= 4 is 17.6 Å². The lowest BCUT2D eigenvalue weighted by Gasteiger charge is -2.36. The van der Waals surface area contributed by atoms with Gasteiger partial charge in [0.05, 0.1) is 12.1 Å². The van der Waals surface area contributed by atoms with Crippen LogP contribution < -0.4 is 9.64 Å². The van der Waals surface area contributed by atoms with Gasteiger partial charge in [-0.25, -0.2) is 4.79 Å². The molecule has 0 bridgehead atoms. The van der Waals surface area contributed by atoms with Gasteiger partial charge in [0.2, 0.25) is 6.10 Å². The van der Waals surface area contributed by atoms with E-state index in [2.05, 4.69) is 4.99 Å². The van der Waals surface area contributed by atoms with E-state index in [0.29, 0.717) is 30.6 Å². The van der Waals surface area contributed by atoms with Crippen LogP contribution in [0.25, 0.3) is 0 Å². The van der Waals surface area contributed by atoms with E-state index in [4.69, 9.17) is 4.74 Å². The first kappa shape index (κ1) is 20.1. The Labute approximate surface area is 171 Å². The molecule has 2 aliphatic heterocycles. The molecule has 0 spiro atoms. The summed E-state index contributed by atoms with van der Waals surface area (Å²) in [4.78, 5) is 19.1. The van der Waals surface area contributed by atoms with Gasteiger partial charge >= 0.3 is 12.3 Å². The number of alkyl halides is 3. The minimum Gasteiger partial charge on any atom is -0.478 e. The van der Waals surface area contributed by atoms with E-state index < -0.39 is 31.1 Å². The zero-order valence-electron chi connectivity index (χ0n) is 15.9. The van der Waals surface area contributed by atoms with Crippen molar-refractivity contribution in [2.24, 2.45) is 4.99 Å². The molecular formula is C21H20F3N3O3. The van der Waals surface area contributed by atoms with Crippen LogP contribution in [0.1, 0.15) is 18.4 Å². The van der Waals surface area contributed by atoms with Crippen LogP contribution in [-0.4, -0.2) is 53.5 Å². The third kappa shape index (κ3) is 3.79. The van der Waals surface area contributed by atoms with Gasteiger partial charge < -0.3 is 14.7 Å². The monoisotopic (exact) mass is 419 g/mol. The minimum atomic E-state index is -4.58. The molecule has 2 aromatic carbocycles. The molecule has 2 atom stereocenters. The largest absolute Gasteiger partial charge is 0.478 e. The Morgan fingerprint density at radius 1 is 1.13 bits per heavy atom. The Morgan fingerprint density at radius 2 is 1.83 bits per heavy atom. The highest BCUT2D eigenvalue weighted by molar-refractivity contribution is 6.12. The van der Waals surface area contributed by atoms with Gasteiger partial charge in [-0.1, -0.05) is 30.3 Å². The topological polar surface area (TPSA) is 65.4 Å². The van der Waals surface area contributed by atoms with Crippen molar-refractivity contribution in [1.82, 2.24) is 4.90 Å². The minimum absolute atomic E-state index is 0.0666. The van der Waals surface area contributed by atoms with E-state index in [1.807, 2.05) is 6.07 Å². The summed E-state index contributed by atoms with van der Waals surface area (Å²) in [5.41, 5.74) is 1.04. The van der Waals surface area contributed by atoms with E-state index in [1.54, 1.807) is 47.4 Å². The standard InChI is InChI=1S/C21H20F3N3O3/c22-21(23,24)17-13-25-19(15-9-4-5-10-16(15)30-17)27(14-7-2-1-3-8-14)18-11-6-12-26(18)20(28)29/h1-5,7-10,17-18H,6,11-13H2,(H,28,29). The summed E-state index contributed by atoms with van der Waals surface area (Å²) in [5, 5.41) is 9.66. The maximum Gasteiger partial charge on any atom is 0.427 e. The van der Waals surface area contributed by atoms with Crippen LogP contribution in [0.5, 0.6) is 5.75 Å². The molecule has 2 aliphatic rings. The summed E-state index contributed by atoms with van der Waals surface area (Å²) >= 11 is 0. The van der Waals surface area contributed by atoms with Crippen LogP contribution >= 0.6 is 0 Å². The average Bonchev–Trinajstić information content (AvgIpc) is 3.11. The fourth-order valence-corrected chi connectivity index (χ4v) is 3.84. The fourth-order valence-electron chi connectivity index (χ4n) is 3.84. The molecule has 0 aromatic heterocycles. The second-order valence-electron chi connectivity index (χ2n) is 7.11. The van der Waals surface area contributed by atoms with Crippen molar-refractivity contribution in [1.29, 1.82) is 0 Å². The normalized spacial score (nSPS) is 21.3. The highest BCUT2D eigenvalue weighted by Crippen LogP contribution is 2.35. The lowest BCUT2D eigenvalue weighted by atomic mass is 10.1. The molecule has 2 heterocycles. The number of benzene rings is 2. The number of carbonyl (C=O) groups is 1. The third-order valence-corrected chi connectivity index (χ3v) is 5.20. The Kier molecular flexibility index (Phi) is 5.27. The van der Waals surface area contributed by atoms with Crippen LogP contribution in [0.15, 0.2) is 59.6 Å². The first-order chi connectivity index (χ1) is 14.4. The lowest BCUT2D eigenvalue weighted by molar-refractivity contribution is -0.191. The predicted octanol–water partition coefficient (Wildman–Crippen LogP) is 4.36. The second kappa shape index (κ2) is 7.89. The highest BCUT2D eigenvalue weighted by Gasteiger charge is 2.44. The van der Waals surface area contributed by atoms with Crippen molar-refractivity contribution in [3.63, 3.8) is 0 Å². The number of anilines is 1. The molecular weight excluding hydrogens is 399 g/mol.